The fraction of sp³-hybridized carbons (Fsp3) is 0.455. The van der Waals surface area contributed by atoms with Crippen molar-refractivity contribution in [1.29, 1.82) is 0 Å². The van der Waals surface area contributed by atoms with E-state index in [4.69, 9.17) is 11.6 Å². The van der Waals surface area contributed by atoms with Gasteiger partial charge in [0.1, 0.15) is 5.82 Å². The van der Waals surface area contributed by atoms with Crippen LogP contribution in [0.5, 0.6) is 0 Å². The van der Waals surface area contributed by atoms with Gasteiger partial charge in [-0.3, -0.25) is 0 Å². The highest BCUT2D eigenvalue weighted by atomic mass is 35.5. The van der Waals surface area contributed by atoms with Crippen molar-refractivity contribution in [3.63, 3.8) is 0 Å². The van der Waals surface area contributed by atoms with Crippen LogP contribution in [-0.2, 0) is 6.54 Å². The number of hydrogen-bond acceptors (Lipinski definition) is 2. The maximum Gasteiger partial charge on any atom is 0.127 e. The van der Waals surface area contributed by atoms with Gasteiger partial charge < -0.3 is 10.6 Å². The second-order valence-corrected chi connectivity index (χ2v) is 4.33. The summed E-state index contributed by atoms with van der Waals surface area (Å²) in [7, 11) is 0. The van der Waals surface area contributed by atoms with Gasteiger partial charge in [-0.2, -0.15) is 0 Å². The van der Waals surface area contributed by atoms with Crippen molar-refractivity contribution >= 4 is 11.6 Å². The molecule has 1 aromatic carbocycles. The van der Waals surface area contributed by atoms with Crippen LogP contribution in [0.1, 0.15) is 5.56 Å². The van der Waals surface area contributed by atoms with E-state index in [0.29, 0.717) is 23.0 Å². The molecule has 1 heterocycles. The minimum atomic E-state index is -0.196. The lowest BCUT2D eigenvalue weighted by atomic mass is 10.0. The van der Waals surface area contributed by atoms with Gasteiger partial charge in [-0.25, -0.2) is 4.39 Å². The highest BCUT2D eigenvalue weighted by Crippen LogP contribution is 2.14. The lowest BCUT2D eigenvalue weighted by Gasteiger charge is -2.27. The van der Waals surface area contributed by atoms with Gasteiger partial charge in [0, 0.05) is 36.8 Å². The first-order valence-corrected chi connectivity index (χ1v) is 5.49. The van der Waals surface area contributed by atoms with Crippen LogP contribution in [0.25, 0.3) is 0 Å². The van der Waals surface area contributed by atoms with Crippen LogP contribution >= 0.6 is 11.6 Å². The van der Waals surface area contributed by atoms with Crippen LogP contribution in [-0.4, -0.2) is 19.6 Å². The number of nitrogens with one attached hydrogen (secondary N) is 2. The summed E-state index contributed by atoms with van der Waals surface area (Å²) in [5, 5.41) is 7.01. The Morgan fingerprint density at radius 2 is 2.27 bits per heavy atom. The Morgan fingerprint density at radius 3 is 2.93 bits per heavy atom. The first-order chi connectivity index (χ1) is 7.25. The van der Waals surface area contributed by atoms with Crippen LogP contribution in [0.4, 0.5) is 4.39 Å². The fourth-order valence-electron chi connectivity index (χ4n) is 1.58. The highest BCUT2D eigenvalue weighted by molar-refractivity contribution is 6.30. The molecule has 1 saturated heterocycles. The minimum Gasteiger partial charge on any atom is -0.316 e. The van der Waals surface area contributed by atoms with Gasteiger partial charge in [-0.15, -0.1) is 0 Å². The first kappa shape index (κ1) is 10.9. The molecule has 2 nitrogen and oxygen atoms in total. The smallest absolute Gasteiger partial charge is 0.127 e. The third kappa shape index (κ3) is 2.91. The molecule has 0 bridgehead atoms. The normalized spacial score (nSPS) is 16.4. The Kier molecular flexibility index (Phi) is 3.57. The van der Waals surface area contributed by atoms with Crippen molar-refractivity contribution in [3.8, 4) is 0 Å². The molecule has 0 spiro atoms. The molecule has 2 rings (SSSR count). The van der Waals surface area contributed by atoms with E-state index in [1.165, 1.54) is 6.07 Å². The first-order valence-electron chi connectivity index (χ1n) is 5.11. The molecule has 0 unspecified atom stereocenters. The Bertz CT molecular complexity index is 339. The number of hydrogen-bond donors (Lipinski definition) is 2. The molecule has 15 heavy (non-hydrogen) atoms. The molecule has 1 aliphatic heterocycles. The van der Waals surface area contributed by atoms with Gasteiger partial charge in [0.2, 0.25) is 0 Å². The van der Waals surface area contributed by atoms with Crippen molar-refractivity contribution in [2.45, 2.75) is 6.54 Å². The second-order valence-electron chi connectivity index (χ2n) is 3.89. The van der Waals surface area contributed by atoms with Gasteiger partial charge in [0.05, 0.1) is 0 Å². The van der Waals surface area contributed by atoms with E-state index in [-0.39, 0.29) is 5.82 Å². The van der Waals surface area contributed by atoms with E-state index in [1.807, 2.05) is 0 Å². The summed E-state index contributed by atoms with van der Waals surface area (Å²) in [6.07, 6.45) is 0. The Balaban J connectivity index is 1.83. The molecular weight excluding hydrogens is 215 g/mol. The predicted molar refractivity (Wildman–Crippen MR) is 59.5 cm³/mol. The predicted octanol–water partition coefficient (Wildman–Crippen LogP) is 1.79. The summed E-state index contributed by atoms with van der Waals surface area (Å²) < 4.78 is 13.3. The topological polar surface area (TPSA) is 24.1 Å². The monoisotopic (exact) mass is 228 g/mol. The average Bonchev–Trinajstić information content (AvgIpc) is 2.15. The number of halogens is 2. The molecule has 1 fully saturated rings. The third-order valence-corrected chi connectivity index (χ3v) is 2.86. The van der Waals surface area contributed by atoms with Crippen LogP contribution in [0.15, 0.2) is 18.2 Å². The van der Waals surface area contributed by atoms with E-state index < -0.39 is 0 Å². The molecule has 2 N–H and O–H groups in total. The molecular formula is C11H14ClFN2. The second kappa shape index (κ2) is 4.92. The zero-order valence-corrected chi connectivity index (χ0v) is 9.15. The molecule has 1 aromatic rings. The third-order valence-electron chi connectivity index (χ3n) is 2.62. The van der Waals surface area contributed by atoms with E-state index in [0.717, 1.165) is 19.6 Å². The quantitative estimate of drug-likeness (QED) is 0.821. The van der Waals surface area contributed by atoms with Gasteiger partial charge >= 0.3 is 0 Å². The Labute approximate surface area is 93.8 Å². The maximum atomic E-state index is 13.3. The molecule has 0 aromatic heterocycles. The summed E-state index contributed by atoms with van der Waals surface area (Å²) in [6.45, 7) is 3.60. The summed E-state index contributed by atoms with van der Waals surface area (Å²) in [5.74, 6) is 0.492. The molecule has 0 saturated carbocycles. The van der Waals surface area contributed by atoms with Crippen LogP contribution in [0.2, 0.25) is 5.02 Å². The number of benzene rings is 1. The van der Waals surface area contributed by atoms with Crippen molar-refractivity contribution in [2.24, 2.45) is 5.92 Å². The SMILES string of the molecule is Fc1ccc(Cl)cc1CNCC1CNC1. The average molecular weight is 229 g/mol. The summed E-state index contributed by atoms with van der Waals surface area (Å²) in [5.41, 5.74) is 0.634. The maximum absolute atomic E-state index is 13.3. The van der Waals surface area contributed by atoms with Crippen molar-refractivity contribution < 1.29 is 4.39 Å². The molecule has 0 atom stereocenters. The lowest BCUT2D eigenvalue weighted by Crippen LogP contribution is -2.47. The molecule has 0 amide bonds. The van der Waals surface area contributed by atoms with Gasteiger partial charge in [-0.05, 0) is 24.1 Å². The summed E-state index contributed by atoms with van der Waals surface area (Å²) >= 11 is 5.79. The van der Waals surface area contributed by atoms with Crippen LogP contribution < -0.4 is 10.6 Å². The fourth-order valence-corrected chi connectivity index (χ4v) is 1.78. The Hall–Kier alpha value is -0.640. The zero-order valence-electron chi connectivity index (χ0n) is 8.39. The Morgan fingerprint density at radius 1 is 1.47 bits per heavy atom. The van der Waals surface area contributed by atoms with Gasteiger partial charge in [0.25, 0.3) is 0 Å². The minimum absolute atomic E-state index is 0.196. The van der Waals surface area contributed by atoms with E-state index in [2.05, 4.69) is 10.6 Å². The molecule has 0 aliphatic carbocycles. The standard InChI is InChI=1S/C11H14ClFN2/c12-10-1-2-11(13)9(3-10)7-15-6-8-4-14-5-8/h1-3,8,14-15H,4-7H2. The number of rotatable bonds is 4. The molecule has 0 radical (unpaired) electrons. The van der Waals surface area contributed by atoms with Crippen molar-refractivity contribution in [1.82, 2.24) is 10.6 Å². The van der Waals surface area contributed by atoms with E-state index >= 15 is 0 Å². The van der Waals surface area contributed by atoms with Crippen molar-refractivity contribution in [3.05, 3.63) is 34.6 Å². The largest absolute Gasteiger partial charge is 0.316 e. The highest BCUT2D eigenvalue weighted by Gasteiger charge is 2.15. The summed E-state index contributed by atoms with van der Waals surface area (Å²) in [6, 6.07) is 4.64. The van der Waals surface area contributed by atoms with Crippen LogP contribution in [0.3, 0.4) is 0 Å². The summed E-state index contributed by atoms with van der Waals surface area (Å²) in [4.78, 5) is 0. The molecule has 4 heteroatoms. The molecule has 1 aliphatic rings. The van der Waals surface area contributed by atoms with Crippen molar-refractivity contribution in [2.75, 3.05) is 19.6 Å². The van der Waals surface area contributed by atoms with Gasteiger partial charge in [-0.1, -0.05) is 11.6 Å². The molecule has 82 valence electrons. The van der Waals surface area contributed by atoms with E-state index in [1.54, 1.807) is 12.1 Å². The van der Waals surface area contributed by atoms with E-state index in [9.17, 15) is 4.39 Å². The van der Waals surface area contributed by atoms with Gasteiger partial charge in [0.15, 0.2) is 0 Å². The van der Waals surface area contributed by atoms with Crippen LogP contribution in [0, 0.1) is 11.7 Å². The lowest BCUT2D eigenvalue weighted by molar-refractivity contribution is 0.330. The zero-order chi connectivity index (χ0) is 10.7.